The summed E-state index contributed by atoms with van der Waals surface area (Å²) in [5.74, 6) is 0. The maximum Gasteiger partial charge on any atom is 0.160 e. The molecule has 0 spiro atoms. The first-order valence-corrected chi connectivity index (χ1v) is 7.68. The molecule has 3 N–H and O–H groups in total. The van der Waals surface area contributed by atoms with Crippen LogP contribution in [-0.2, 0) is 0 Å². The molecule has 6 heteroatoms. The molecule has 0 radical (unpaired) electrons. The Bertz CT molecular complexity index is 542. The molecule has 0 saturated heterocycles. The number of hydrogen-bond acceptors (Lipinski definition) is 6. The number of benzene rings is 1. The predicted octanol–water partition coefficient (Wildman–Crippen LogP) is 3.14. The zero-order valence-electron chi connectivity index (χ0n) is 11.6. The predicted molar refractivity (Wildman–Crippen MR) is 81.5 cm³/mol. The van der Waals surface area contributed by atoms with Gasteiger partial charge in [-0.3, -0.25) is 0 Å². The Kier molecular flexibility index (Phi) is 4.19. The summed E-state index contributed by atoms with van der Waals surface area (Å²) in [6.07, 6.45) is 4.39. The van der Waals surface area contributed by atoms with Crippen LogP contribution in [0.1, 0.15) is 26.7 Å². The maximum absolute atomic E-state index is 5.84. The minimum atomic E-state index is 0.241. The van der Waals surface area contributed by atoms with E-state index in [0.717, 1.165) is 25.1 Å². The first kappa shape index (κ1) is 14.0. The van der Waals surface area contributed by atoms with Crippen LogP contribution in [0.2, 0.25) is 0 Å². The van der Waals surface area contributed by atoms with Crippen molar-refractivity contribution in [3.63, 3.8) is 0 Å². The van der Waals surface area contributed by atoms with Gasteiger partial charge in [0.15, 0.2) is 11.0 Å². The first-order valence-electron chi connectivity index (χ1n) is 6.45. The highest BCUT2D eigenvalue weighted by atomic mass is 32.2. The fraction of sp³-hybridized carbons (Fsp3) is 0.538. The number of rotatable bonds is 6. The Balaban J connectivity index is 2.22. The number of nitrogens with one attached hydrogen (secondary N) is 1. The minimum Gasteiger partial charge on any atom is -0.397 e. The standard InChI is InChI=1S/C13H20N4OS/c1-4-13(5-2,19-3)8-15-10-7-6-9(14)11-12(10)17-18-16-11/h6-7,15H,4-5,8,14H2,1-3H3. The third kappa shape index (κ3) is 2.63. The molecule has 5 nitrogen and oxygen atoms in total. The monoisotopic (exact) mass is 280 g/mol. The number of thioether (sulfide) groups is 1. The molecule has 0 aliphatic carbocycles. The maximum atomic E-state index is 5.84. The molecule has 1 aromatic carbocycles. The van der Waals surface area contributed by atoms with Gasteiger partial charge >= 0.3 is 0 Å². The van der Waals surface area contributed by atoms with Crippen molar-refractivity contribution >= 4 is 34.2 Å². The zero-order valence-corrected chi connectivity index (χ0v) is 12.4. The van der Waals surface area contributed by atoms with Gasteiger partial charge in [-0.1, -0.05) is 13.8 Å². The van der Waals surface area contributed by atoms with E-state index in [4.69, 9.17) is 10.4 Å². The first-order chi connectivity index (χ1) is 9.15. The second-order valence-corrected chi connectivity index (χ2v) is 5.89. The lowest BCUT2D eigenvalue weighted by molar-refractivity contribution is 0.315. The summed E-state index contributed by atoms with van der Waals surface area (Å²) in [4.78, 5) is 0. The van der Waals surface area contributed by atoms with Gasteiger partial charge in [0.2, 0.25) is 0 Å². The molecular weight excluding hydrogens is 260 g/mol. The Morgan fingerprint density at radius 2 is 1.95 bits per heavy atom. The smallest absolute Gasteiger partial charge is 0.160 e. The van der Waals surface area contributed by atoms with Crippen LogP contribution in [0.4, 0.5) is 11.4 Å². The van der Waals surface area contributed by atoms with Gasteiger partial charge in [0.05, 0.1) is 11.4 Å². The van der Waals surface area contributed by atoms with Gasteiger partial charge in [0, 0.05) is 11.3 Å². The highest BCUT2D eigenvalue weighted by Crippen LogP contribution is 2.32. The number of fused-ring (bicyclic) bond motifs is 1. The third-order valence-electron chi connectivity index (χ3n) is 3.77. The summed E-state index contributed by atoms with van der Waals surface area (Å²) in [7, 11) is 0. The molecule has 19 heavy (non-hydrogen) atoms. The molecule has 0 aliphatic rings. The quantitative estimate of drug-likeness (QED) is 0.792. The average molecular weight is 280 g/mol. The SMILES string of the molecule is CCC(CC)(CNc1ccc(N)c2nonc12)SC. The summed E-state index contributed by atoms with van der Waals surface area (Å²) in [6, 6.07) is 3.76. The lowest BCUT2D eigenvalue weighted by atomic mass is 10.0. The number of nitrogens with zero attached hydrogens (tertiary/aromatic N) is 2. The van der Waals surface area contributed by atoms with Crippen LogP contribution in [-0.4, -0.2) is 27.9 Å². The second-order valence-electron chi connectivity index (χ2n) is 4.61. The van der Waals surface area contributed by atoms with Gasteiger partial charge in [-0.05, 0) is 41.5 Å². The zero-order chi connectivity index (χ0) is 13.9. The van der Waals surface area contributed by atoms with Crippen LogP contribution >= 0.6 is 11.8 Å². The molecule has 0 unspecified atom stereocenters. The van der Waals surface area contributed by atoms with Gasteiger partial charge < -0.3 is 11.1 Å². The summed E-state index contributed by atoms with van der Waals surface area (Å²) in [6.45, 7) is 5.32. The van der Waals surface area contributed by atoms with Crippen LogP contribution < -0.4 is 11.1 Å². The van der Waals surface area contributed by atoms with Crippen molar-refractivity contribution in [2.75, 3.05) is 23.9 Å². The second kappa shape index (κ2) is 5.69. The minimum absolute atomic E-state index is 0.241. The molecule has 0 amide bonds. The summed E-state index contributed by atoms with van der Waals surface area (Å²) in [5, 5.41) is 11.2. The molecule has 0 saturated carbocycles. The van der Waals surface area contributed by atoms with Gasteiger partial charge in [-0.25, -0.2) is 4.63 Å². The number of anilines is 2. The molecule has 2 rings (SSSR count). The van der Waals surface area contributed by atoms with Crippen LogP contribution in [0.25, 0.3) is 11.0 Å². The molecule has 0 aliphatic heterocycles. The number of nitrogens with two attached hydrogens (primary N) is 1. The van der Waals surface area contributed by atoms with Crippen molar-refractivity contribution in [3.05, 3.63) is 12.1 Å². The van der Waals surface area contributed by atoms with Gasteiger partial charge in [-0.2, -0.15) is 11.8 Å². The summed E-state index contributed by atoms with van der Waals surface area (Å²) in [5.41, 5.74) is 8.66. The molecular formula is C13H20N4OS. The average Bonchev–Trinajstić information content (AvgIpc) is 2.93. The Morgan fingerprint density at radius 3 is 2.58 bits per heavy atom. The van der Waals surface area contributed by atoms with E-state index in [1.165, 1.54) is 0 Å². The van der Waals surface area contributed by atoms with Crippen molar-refractivity contribution in [1.29, 1.82) is 0 Å². The molecule has 0 atom stereocenters. The van der Waals surface area contributed by atoms with E-state index in [2.05, 4.69) is 35.7 Å². The van der Waals surface area contributed by atoms with E-state index in [9.17, 15) is 0 Å². The molecule has 0 fully saturated rings. The van der Waals surface area contributed by atoms with Gasteiger partial charge in [0.1, 0.15) is 0 Å². The molecule has 0 bridgehead atoms. The highest BCUT2D eigenvalue weighted by molar-refractivity contribution is 8.00. The van der Waals surface area contributed by atoms with E-state index < -0.39 is 0 Å². The number of nitrogen functional groups attached to an aromatic ring is 1. The highest BCUT2D eigenvalue weighted by Gasteiger charge is 2.25. The third-order valence-corrected chi connectivity index (χ3v) is 5.36. The summed E-state index contributed by atoms with van der Waals surface area (Å²) >= 11 is 1.90. The Labute approximate surface area is 117 Å². The fourth-order valence-corrected chi connectivity index (χ4v) is 2.94. The fourth-order valence-electron chi connectivity index (χ4n) is 2.15. The van der Waals surface area contributed by atoms with E-state index >= 15 is 0 Å². The van der Waals surface area contributed by atoms with Crippen LogP contribution in [0.3, 0.4) is 0 Å². The van der Waals surface area contributed by atoms with Crippen molar-refractivity contribution in [2.24, 2.45) is 0 Å². The normalized spacial score (nSPS) is 11.9. The Hall–Kier alpha value is -1.43. The lowest BCUT2D eigenvalue weighted by Gasteiger charge is -2.30. The summed E-state index contributed by atoms with van der Waals surface area (Å²) < 4.78 is 5.01. The van der Waals surface area contributed by atoms with Crippen LogP contribution in [0, 0.1) is 0 Å². The largest absolute Gasteiger partial charge is 0.397 e. The number of aromatic nitrogens is 2. The van der Waals surface area contributed by atoms with Gasteiger partial charge in [0.25, 0.3) is 0 Å². The van der Waals surface area contributed by atoms with Gasteiger partial charge in [-0.15, -0.1) is 0 Å². The van der Waals surface area contributed by atoms with Crippen LogP contribution in [0.5, 0.6) is 0 Å². The van der Waals surface area contributed by atoms with E-state index in [-0.39, 0.29) is 4.75 Å². The molecule has 1 aromatic heterocycles. The topological polar surface area (TPSA) is 77.0 Å². The van der Waals surface area contributed by atoms with Crippen molar-refractivity contribution in [3.8, 4) is 0 Å². The number of hydrogen-bond donors (Lipinski definition) is 2. The molecule has 2 aromatic rings. The van der Waals surface area contributed by atoms with Crippen molar-refractivity contribution in [1.82, 2.24) is 10.3 Å². The van der Waals surface area contributed by atoms with E-state index in [1.807, 2.05) is 23.9 Å². The van der Waals surface area contributed by atoms with E-state index in [0.29, 0.717) is 16.7 Å². The molecule has 104 valence electrons. The van der Waals surface area contributed by atoms with Crippen molar-refractivity contribution in [2.45, 2.75) is 31.4 Å². The van der Waals surface area contributed by atoms with Crippen LogP contribution in [0.15, 0.2) is 16.8 Å². The van der Waals surface area contributed by atoms with Crippen molar-refractivity contribution < 1.29 is 4.63 Å². The molecule has 1 heterocycles. The Morgan fingerprint density at radius 1 is 1.26 bits per heavy atom. The van der Waals surface area contributed by atoms with E-state index in [1.54, 1.807) is 0 Å². The lowest BCUT2D eigenvalue weighted by Crippen LogP contribution is -2.32.